The Morgan fingerprint density at radius 2 is 1.83 bits per heavy atom. The topological polar surface area (TPSA) is 33.1 Å². The second kappa shape index (κ2) is 7.64. The zero-order chi connectivity index (χ0) is 15.6. The number of hydrogen-bond donors (Lipinski definition) is 1. The summed E-state index contributed by atoms with van der Waals surface area (Å²) in [6.07, 6.45) is 7.99. The van der Waals surface area contributed by atoms with Crippen molar-refractivity contribution in [1.82, 2.24) is 20.0 Å². The van der Waals surface area contributed by atoms with Gasteiger partial charge in [-0.25, -0.2) is 4.39 Å². The highest BCUT2D eigenvalue weighted by atomic mass is 35.5. The summed E-state index contributed by atoms with van der Waals surface area (Å²) < 4.78 is 14.9. The maximum atomic E-state index is 13.0. The van der Waals surface area contributed by atoms with Crippen LogP contribution in [-0.4, -0.2) is 39.9 Å². The van der Waals surface area contributed by atoms with Gasteiger partial charge in [-0.05, 0) is 43.5 Å². The van der Waals surface area contributed by atoms with Gasteiger partial charge in [-0.15, -0.1) is 12.4 Å². The minimum absolute atomic E-state index is 0. The van der Waals surface area contributed by atoms with Gasteiger partial charge in [-0.1, -0.05) is 12.1 Å². The number of halogens is 2. The van der Waals surface area contributed by atoms with Gasteiger partial charge in [0, 0.05) is 36.9 Å². The fourth-order valence-corrected chi connectivity index (χ4v) is 3.90. The van der Waals surface area contributed by atoms with Gasteiger partial charge < -0.3 is 5.32 Å². The first-order valence-corrected chi connectivity index (χ1v) is 8.50. The lowest BCUT2D eigenvalue weighted by atomic mass is 10.1. The van der Waals surface area contributed by atoms with Crippen molar-refractivity contribution in [2.75, 3.05) is 13.1 Å². The molecule has 2 bridgehead atoms. The zero-order valence-electron chi connectivity index (χ0n) is 13.7. The second-order valence-corrected chi connectivity index (χ2v) is 6.72. The van der Waals surface area contributed by atoms with Crippen LogP contribution in [0.15, 0.2) is 36.7 Å². The van der Waals surface area contributed by atoms with Gasteiger partial charge in [0.2, 0.25) is 0 Å². The molecule has 2 atom stereocenters. The van der Waals surface area contributed by atoms with E-state index in [4.69, 9.17) is 0 Å². The minimum atomic E-state index is -0.194. The standard InChI is InChI=1S/C18H23FN4.ClH/c19-16-3-1-14(2-4-16)11-22-12-15(9-21-22)13-23-17-5-6-18(23)10-20-8-7-17;/h1-4,9,12,17-18,20H,5-8,10-11,13H2;1H. The molecule has 2 unspecified atom stereocenters. The second-order valence-electron chi connectivity index (χ2n) is 6.72. The van der Waals surface area contributed by atoms with Gasteiger partial charge in [0.25, 0.3) is 0 Å². The highest BCUT2D eigenvalue weighted by Crippen LogP contribution is 2.29. The lowest BCUT2D eigenvalue weighted by Gasteiger charge is -2.26. The molecule has 1 N–H and O–H groups in total. The molecule has 130 valence electrons. The van der Waals surface area contributed by atoms with Crippen molar-refractivity contribution in [2.45, 2.75) is 44.4 Å². The van der Waals surface area contributed by atoms with E-state index in [1.807, 2.05) is 23.0 Å². The molecule has 2 aromatic rings. The molecule has 0 radical (unpaired) electrons. The summed E-state index contributed by atoms with van der Waals surface area (Å²) in [5.74, 6) is -0.194. The molecule has 24 heavy (non-hydrogen) atoms. The van der Waals surface area contributed by atoms with E-state index in [-0.39, 0.29) is 18.2 Å². The maximum absolute atomic E-state index is 13.0. The number of benzene rings is 1. The largest absolute Gasteiger partial charge is 0.315 e. The van der Waals surface area contributed by atoms with Gasteiger partial charge in [-0.3, -0.25) is 9.58 Å². The van der Waals surface area contributed by atoms with E-state index >= 15 is 0 Å². The van der Waals surface area contributed by atoms with Crippen LogP contribution >= 0.6 is 12.4 Å². The normalized spacial score (nSPS) is 23.7. The summed E-state index contributed by atoms with van der Waals surface area (Å²) >= 11 is 0. The summed E-state index contributed by atoms with van der Waals surface area (Å²) in [7, 11) is 0. The lowest BCUT2D eigenvalue weighted by Crippen LogP contribution is -2.37. The fourth-order valence-electron chi connectivity index (χ4n) is 3.90. The third-order valence-corrected chi connectivity index (χ3v) is 5.12. The van der Waals surface area contributed by atoms with E-state index in [1.165, 1.54) is 37.0 Å². The molecule has 1 aromatic heterocycles. The average Bonchev–Trinajstić information content (AvgIpc) is 3.06. The van der Waals surface area contributed by atoms with Crippen LogP contribution in [-0.2, 0) is 13.1 Å². The molecule has 0 saturated carbocycles. The molecule has 4 rings (SSSR count). The van der Waals surface area contributed by atoms with Crippen molar-refractivity contribution < 1.29 is 4.39 Å². The number of fused-ring (bicyclic) bond motifs is 2. The summed E-state index contributed by atoms with van der Waals surface area (Å²) in [6, 6.07) is 8.02. The molecule has 0 aliphatic carbocycles. The van der Waals surface area contributed by atoms with Crippen LogP contribution in [0.4, 0.5) is 4.39 Å². The van der Waals surface area contributed by atoms with Gasteiger partial charge in [0.05, 0.1) is 12.7 Å². The Balaban J connectivity index is 0.00000169. The molecule has 0 amide bonds. The molecule has 2 aliphatic rings. The predicted molar refractivity (Wildman–Crippen MR) is 94.8 cm³/mol. The first-order chi connectivity index (χ1) is 11.3. The van der Waals surface area contributed by atoms with Crippen molar-refractivity contribution in [1.29, 1.82) is 0 Å². The van der Waals surface area contributed by atoms with Gasteiger partial charge >= 0.3 is 0 Å². The van der Waals surface area contributed by atoms with E-state index < -0.39 is 0 Å². The molecule has 3 heterocycles. The van der Waals surface area contributed by atoms with Crippen molar-refractivity contribution in [2.24, 2.45) is 0 Å². The Hall–Kier alpha value is -1.43. The third kappa shape index (κ3) is 3.79. The highest BCUT2D eigenvalue weighted by molar-refractivity contribution is 5.85. The third-order valence-electron chi connectivity index (χ3n) is 5.12. The number of nitrogens with zero attached hydrogens (tertiary/aromatic N) is 3. The van der Waals surface area contributed by atoms with Crippen LogP contribution in [0.2, 0.25) is 0 Å². The Kier molecular flexibility index (Phi) is 5.54. The van der Waals surface area contributed by atoms with E-state index in [1.54, 1.807) is 0 Å². The van der Waals surface area contributed by atoms with Crippen LogP contribution in [0.5, 0.6) is 0 Å². The van der Waals surface area contributed by atoms with Crippen LogP contribution < -0.4 is 5.32 Å². The molecule has 4 nitrogen and oxygen atoms in total. The van der Waals surface area contributed by atoms with Crippen LogP contribution in [0.25, 0.3) is 0 Å². The summed E-state index contributed by atoms with van der Waals surface area (Å²) in [6.45, 7) is 3.93. The number of aromatic nitrogens is 2. The monoisotopic (exact) mass is 350 g/mol. The molecular weight excluding hydrogens is 327 g/mol. The Labute approximate surface area is 148 Å². The van der Waals surface area contributed by atoms with Crippen LogP contribution in [0, 0.1) is 5.82 Å². The Morgan fingerprint density at radius 3 is 2.67 bits per heavy atom. The van der Waals surface area contributed by atoms with Gasteiger partial charge in [0.1, 0.15) is 5.82 Å². The summed E-state index contributed by atoms with van der Waals surface area (Å²) in [5, 5.41) is 8.02. The smallest absolute Gasteiger partial charge is 0.123 e. The first-order valence-electron chi connectivity index (χ1n) is 8.50. The lowest BCUT2D eigenvalue weighted by molar-refractivity contribution is 0.193. The molecular formula is C18H24ClFN4. The van der Waals surface area contributed by atoms with E-state index in [2.05, 4.69) is 21.5 Å². The van der Waals surface area contributed by atoms with Gasteiger partial charge in [-0.2, -0.15) is 5.10 Å². The molecule has 2 saturated heterocycles. The van der Waals surface area contributed by atoms with E-state index in [9.17, 15) is 4.39 Å². The number of rotatable bonds is 4. The number of nitrogens with one attached hydrogen (secondary N) is 1. The predicted octanol–water partition coefficient (Wildman–Crippen LogP) is 2.82. The number of hydrogen-bond acceptors (Lipinski definition) is 3. The zero-order valence-corrected chi connectivity index (χ0v) is 14.5. The van der Waals surface area contributed by atoms with Crippen LogP contribution in [0.3, 0.4) is 0 Å². The molecule has 2 fully saturated rings. The van der Waals surface area contributed by atoms with Crippen molar-refractivity contribution in [3.05, 3.63) is 53.6 Å². The van der Waals surface area contributed by atoms with Crippen molar-refractivity contribution in [3.8, 4) is 0 Å². The molecule has 0 spiro atoms. The van der Waals surface area contributed by atoms with Crippen LogP contribution in [0.1, 0.15) is 30.4 Å². The molecule has 6 heteroatoms. The van der Waals surface area contributed by atoms with E-state index in [0.29, 0.717) is 12.6 Å². The Morgan fingerprint density at radius 1 is 1.04 bits per heavy atom. The van der Waals surface area contributed by atoms with Crippen molar-refractivity contribution >= 4 is 12.4 Å². The molecule has 1 aromatic carbocycles. The first kappa shape index (κ1) is 17.4. The average molecular weight is 351 g/mol. The summed E-state index contributed by atoms with van der Waals surface area (Å²) in [4.78, 5) is 2.65. The summed E-state index contributed by atoms with van der Waals surface area (Å²) in [5.41, 5.74) is 2.34. The van der Waals surface area contributed by atoms with Crippen molar-refractivity contribution in [3.63, 3.8) is 0 Å². The maximum Gasteiger partial charge on any atom is 0.123 e. The Bertz CT molecular complexity index is 643. The highest BCUT2D eigenvalue weighted by Gasteiger charge is 2.34. The fraction of sp³-hybridized carbons (Fsp3) is 0.500. The molecule has 2 aliphatic heterocycles. The quantitative estimate of drug-likeness (QED) is 0.920. The SMILES string of the molecule is Cl.Fc1ccc(Cn2cc(CN3C4CCNCC3CC4)cn2)cc1. The van der Waals surface area contributed by atoms with E-state index in [0.717, 1.165) is 31.2 Å². The van der Waals surface area contributed by atoms with Gasteiger partial charge in [0.15, 0.2) is 0 Å². The minimum Gasteiger partial charge on any atom is -0.315 e.